The summed E-state index contributed by atoms with van der Waals surface area (Å²) < 4.78 is 5.28. The van der Waals surface area contributed by atoms with Gasteiger partial charge in [0.05, 0.1) is 11.1 Å². The van der Waals surface area contributed by atoms with E-state index in [0.29, 0.717) is 10.0 Å². The molecule has 0 aliphatic rings. The van der Waals surface area contributed by atoms with Gasteiger partial charge in [-0.3, -0.25) is 14.4 Å². The summed E-state index contributed by atoms with van der Waals surface area (Å²) in [6.45, 7) is -0.377. The molecule has 3 amide bonds. The summed E-state index contributed by atoms with van der Waals surface area (Å²) >= 11 is 6.94. The zero-order valence-corrected chi connectivity index (χ0v) is 13.2. The van der Waals surface area contributed by atoms with Crippen LogP contribution in [0.4, 0.5) is 5.00 Å². The van der Waals surface area contributed by atoms with Gasteiger partial charge in [-0.2, -0.15) is 0 Å². The van der Waals surface area contributed by atoms with Crippen molar-refractivity contribution in [2.45, 2.75) is 0 Å². The van der Waals surface area contributed by atoms with E-state index in [4.69, 9.17) is 27.8 Å². The Morgan fingerprint density at radius 1 is 1.13 bits per heavy atom. The van der Waals surface area contributed by atoms with E-state index >= 15 is 0 Å². The number of nitrogens with one attached hydrogen (secondary N) is 1. The van der Waals surface area contributed by atoms with Gasteiger partial charge in [0.2, 0.25) is 0 Å². The van der Waals surface area contributed by atoms with Crippen LogP contribution in [0.2, 0.25) is 5.02 Å². The number of anilines is 1. The van der Waals surface area contributed by atoms with E-state index in [9.17, 15) is 14.4 Å². The topological polar surface area (TPSA) is 125 Å². The minimum atomic E-state index is -0.725. The summed E-state index contributed by atoms with van der Waals surface area (Å²) in [6.07, 6.45) is 0. The van der Waals surface area contributed by atoms with Gasteiger partial charge in [0.1, 0.15) is 10.8 Å². The molecular weight excluding hydrogens is 342 g/mol. The van der Waals surface area contributed by atoms with Gasteiger partial charge < -0.3 is 21.5 Å². The fraction of sp³-hybridized carbons (Fsp3) is 0.0714. The number of nitrogens with two attached hydrogens (primary N) is 2. The lowest BCUT2D eigenvalue weighted by Crippen LogP contribution is -2.23. The van der Waals surface area contributed by atoms with E-state index in [-0.39, 0.29) is 23.5 Å². The second-order valence-corrected chi connectivity index (χ2v) is 5.72. The molecule has 5 N–H and O–H groups in total. The molecule has 0 aliphatic heterocycles. The quantitative estimate of drug-likeness (QED) is 0.729. The average Bonchev–Trinajstić information content (AvgIpc) is 2.94. The van der Waals surface area contributed by atoms with Crippen molar-refractivity contribution in [2.24, 2.45) is 11.5 Å². The summed E-state index contributed by atoms with van der Waals surface area (Å²) in [7, 11) is 0. The van der Waals surface area contributed by atoms with Crippen LogP contribution in [0.15, 0.2) is 29.6 Å². The Bertz CT molecular complexity index is 775. The molecule has 0 spiro atoms. The van der Waals surface area contributed by atoms with Crippen molar-refractivity contribution in [3.63, 3.8) is 0 Å². The van der Waals surface area contributed by atoms with Crippen molar-refractivity contribution < 1.29 is 19.1 Å². The number of primary amides is 2. The van der Waals surface area contributed by atoms with Crippen LogP contribution in [-0.4, -0.2) is 24.3 Å². The summed E-state index contributed by atoms with van der Waals surface area (Å²) in [6, 6.07) is 5.80. The molecule has 0 unspecified atom stereocenters. The maximum absolute atomic E-state index is 11.9. The van der Waals surface area contributed by atoms with Crippen molar-refractivity contribution in [1.29, 1.82) is 0 Å². The number of carbonyl (C=O) groups is 3. The van der Waals surface area contributed by atoms with Crippen LogP contribution in [0.3, 0.4) is 0 Å². The lowest BCUT2D eigenvalue weighted by atomic mass is 10.2. The molecule has 0 saturated carbocycles. The number of halogens is 1. The zero-order chi connectivity index (χ0) is 17.0. The Balaban J connectivity index is 2.04. The van der Waals surface area contributed by atoms with Gasteiger partial charge in [0, 0.05) is 5.02 Å². The first kappa shape index (κ1) is 16.8. The number of ether oxygens (including phenoxy) is 1. The SMILES string of the molecule is NC(=O)c1cc(Cl)ccc1OCC(=O)Nc1sccc1C(N)=O. The Hall–Kier alpha value is -2.58. The fourth-order valence-electron chi connectivity index (χ4n) is 1.73. The standard InChI is InChI=1S/C14H12ClN3O4S/c15-7-1-2-10(9(5-7)13(17)21)22-6-11(19)18-14-8(12(16)20)3-4-23-14/h1-5H,6H2,(H2,16,20)(H2,17,21)(H,18,19). The third-order valence-corrected chi connectivity index (χ3v) is 3.81. The molecule has 120 valence electrons. The second-order valence-electron chi connectivity index (χ2n) is 4.37. The summed E-state index contributed by atoms with van der Waals surface area (Å²) in [5.41, 5.74) is 10.7. The van der Waals surface area contributed by atoms with Crippen LogP contribution in [0.25, 0.3) is 0 Å². The summed E-state index contributed by atoms with van der Waals surface area (Å²) in [4.78, 5) is 34.4. The van der Waals surface area contributed by atoms with E-state index < -0.39 is 17.7 Å². The maximum Gasteiger partial charge on any atom is 0.262 e. The molecule has 0 bridgehead atoms. The number of hydrogen-bond acceptors (Lipinski definition) is 5. The van der Waals surface area contributed by atoms with Gasteiger partial charge in [-0.15, -0.1) is 11.3 Å². The highest BCUT2D eigenvalue weighted by Crippen LogP contribution is 2.24. The number of thiophene rings is 1. The van der Waals surface area contributed by atoms with E-state index in [0.717, 1.165) is 11.3 Å². The third kappa shape index (κ3) is 4.21. The van der Waals surface area contributed by atoms with Crippen molar-refractivity contribution >= 4 is 45.7 Å². The van der Waals surface area contributed by atoms with Gasteiger partial charge in [-0.1, -0.05) is 11.6 Å². The maximum atomic E-state index is 11.9. The number of carbonyl (C=O) groups excluding carboxylic acids is 3. The minimum Gasteiger partial charge on any atom is -0.483 e. The third-order valence-electron chi connectivity index (χ3n) is 2.75. The predicted octanol–water partition coefficient (Wildman–Crippen LogP) is 1.62. The molecule has 1 aromatic carbocycles. The number of amides is 3. The first-order valence-electron chi connectivity index (χ1n) is 6.27. The molecule has 1 heterocycles. The number of rotatable bonds is 6. The van der Waals surface area contributed by atoms with Crippen LogP contribution in [0.1, 0.15) is 20.7 Å². The van der Waals surface area contributed by atoms with Crippen LogP contribution in [0, 0.1) is 0 Å². The van der Waals surface area contributed by atoms with E-state index in [1.807, 2.05) is 0 Å². The van der Waals surface area contributed by atoms with Gasteiger partial charge in [0.25, 0.3) is 17.7 Å². The summed E-state index contributed by atoms with van der Waals surface area (Å²) in [5, 5.41) is 4.79. The highest BCUT2D eigenvalue weighted by atomic mass is 35.5. The van der Waals surface area contributed by atoms with E-state index in [2.05, 4.69) is 5.32 Å². The monoisotopic (exact) mass is 353 g/mol. The van der Waals surface area contributed by atoms with E-state index in [1.54, 1.807) is 5.38 Å². The molecule has 1 aromatic heterocycles. The van der Waals surface area contributed by atoms with Crippen LogP contribution >= 0.6 is 22.9 Å². The second kappa shape index (κ2) is 7.12. The van der Waals surface area contributed by atoms with Crippen LogP contribution in [0.5, 0.6) is 5.75 Å². The molecule has 7 nitrogen and oxygen atoms in total. The Labute approximate surface area is 140 Å². The highest BCUT2D eigenvalue weighted by Gasteiger charge is 2.15. The smallest absolute Gasteiger partial charge is 0.262 e. The minimum absolute atomic E-state index is 0.0687. The normalized spacial score (nSPS) is 10.1. The first-order chi connectivity index (χ1) is 10.9. The van der Waals surface area contributed by atoms with Gasteiger partial charge >= 0.3 is 0 Å². The lowest BCUT2D eigenvalue weighted by Gasteiger charge is -2.10. The molecule has 0 fully saturated rings. The first-order valence-corrected chi connectivity index (χ1v) is 7.53. The van der Waals surface area contributed by atoms with Crippen molar-refractivity contribution in [1.82, 2.24) is 0 Å². The van der Waals surface area contributed by atoms with E-state index in [1.165, 1.54) is 24.3 Å². The largest absolute Gasteiger partial charge is 0.483 e. The summed E-state index contributed by atoms with van der Waals surface area (Å²) in [5.74, 6) is -1.74. The molecular formula is C14H12ClN3O4S. The number of benzene rings is 1. The lowest BCUT2D eigenvalue weighted by molar-refractivity contribution is -0.118. The van der Waals surface area contributed by atoms with Crippen LogP contribution < -0.4 is 21.5 Å². The van der Waals surface area contributed by atoms with Gasteiger partial charge in [0.15, 0.2) is 6.61 Å². The zero-order valence-electron chi connectivity index (χ0n) is 11.7. The molecule has 0 atom stereocenters. The number of hydrogen-bond donors (Lipinski definition) is 3. The van der Waals surface area contributed by atoms with Gasteiger partial charge in [-0.25, -0.2) is 0 Å². The van der Waals surface area contributed by atoms with Crippen molar-refractivity contribution in [3.8, 4) is 5.75 Å². The molecule has 0 aliphatic carbocycles. The predicted molar refractivity (Wildman–Crippen MR) is 86.9 cm³/mol. The molecule has 2 aromatic rings. The Morgan fingerprint density at radius 2 is 1.83 bits per heavy atom. The molecule has 0 saturated heterocycles. The van der Waals surface area contributed by atoms with Gasteiger partial charge in [-0.05, 0) is 29.6 Å². The average molecular weight is 354 g/mol. The highest BCUT2D eigenvalue weighted by molar-refractivity contribution is 7.14. The Kier molecular flexibility index (Phi) is 5.20. The van der Waals surface area contributed by atoms with Crippen molar-refractivity contribution in [2.75, 3.05) is 11.9 Å². The molecule has 2 rings (SSSR count). The fourth-order valence-corrected chi connectivity index (χ4v) is 2.71. The Morgan fingerprint density at radius 3 is 2.48 bits per heavy atom. The van der Waals surface area contributed by atoms with Crippen LogP contribution in [-0.2, 0) is 4.79 Å². The molecule has 9 heteroatoms. The molecule has 0 radical (unpaired) electrons. The van der Waals surface area contributed by atoms with Crippen molar-refractivity contribution in [3.05, 3.63) is 45.8 Å². The molecule has 23 heavy (non-hydrogen) atoms.